The number of pyridine rings is 1. The number of amides is 1. The molecular weight excluding hydrogens is 565 g/mol. The molecule has 2 heterocycles. The second-order valence-corrected chi connectivity index (χ2v) is 10.1. The predicted octanol–water partition coefficient (Wildman–Crippen LogP) is 5.17. The van der Waals surface area contributed by atoms with Crippen LogP contribution in [0.1, 0.15) is 46.3 Å². The largest absolute Gasteiger partial charge is 0.493 e. The van der Waals surface area contributed by atoms with Gasteiger partial charge in [-0.2, -0.15) is 0 Å². The Hall–Kier alpha value is -5.19. The number of hydrogen-bond acceptors (Lipinski definition) is 6. The van der Waals surface area contributed by atoms with Crippen LogP contribution in [0, 0.1) is 17.5 Å². The molecule has 1 N–H and O–H groups in total. The number of carbonyl (C=O) groups excluding carboxylic acids is 3. The third-order valence-corrected chi connectivity index (χ3v) is 6.92. The van der Waals surface area contributed by atoms with Crippen LogP contribution < -0.4 is 20.3 Å². The normalized spacial score (nSPS) is 12.8. The number of nitrogens with one attached hydrogen (secondary N) is 1. The van der Waals surface area contributed by atoms with Gasteiger partial charge in [0.05, 0.1) is 25.1 Å². The zero-order valence-corrected chi connectivity index (χ0v) is 22.9. The number of nitrogens with zero attached hydrogens (tertiary/aromatic N) is 1. The number of anilines is 1. The van der Waals surface area contributed by atoms with Gasteiger partial charge in [-0.15, -0.1) is 0 Å². The summed E-state index contributed by atoms with van der Waals surface area (Å²) < 4.78 is 53.0. The highest BCUT2D eigenvalue weighted by Crippen LogP contribution is 2.30. The summed E-state index contributed by atoms with van der Waals surface area (Å²) in [5.41, 5.74) is 1.34. The van der Waals surface area contributed by atoms with E-state index in [9.17, 15) is 32.3 Å². The molecule has 0 fully saturated rings. The van der Waals surface area contributed by atoms with Crippen LogP contribution in [-0.4, -0.2) is 28.8 Å². The number of rotatable bonds is 10. The van der Waals surface area contributed by atoms with Crippen molar-refractivity contribution in [1.82, 2.24) is 4.57 Å². The third-order valence-electron chi connectivity index (χ3n) is 6.92. The molecule has 5 rings (SSSR count). The molecule has 8 nitrogen and oxygen atoms in total. The second-order valence-electron chi connectivity index (χ2n) is 10.1. The molecule has 1 aliphatic heterocycles. The lowest BCUT2D eigenvalue weighted by Crippen LogP contribution is -2.27. The Kier molecular flexibility index (Phi) is 8.42. The van der Waals surface area contributed by atoms with Crippen molar-refractivity contribution in [3.8, 4) is 11.5 Å². The molecule has 11 heteroatoms. The number of aromatic nitrogens is 1. The summed E-state index contributed by atoms with van der Waals surface area (Å²) >= 11 is 0. The molecule has 0 bridgehead atoms. The van der Waals surface area contributed by atoms with Crippen LogP contribution in [0.3, 0.4) is 0 Å². The average molecular weight is 591 g/mol. The quantitative estimate of drug-likeness (QED) is 0.118. The van der Waals surface area contributed by atoms with E-state index in [0.29, 0.717) is 22.7 Å². The maximum atomic E-state index is 13.7. The lowest BCUT2D eigenvalue weighted by atomic mass is 9.92. The Morgan fingerprint density at radius 1 is 0.953 bits per heavy atom. The second kappa shape index (κ2) is 12.4. The number of fused-ring (bicyclic) bond motifs is 1. The zero-order valence-electron chi connectivity index (χ0n) is 22.9. The number of halogens is 3. The van der Waals surface area contributed by atoms with Crippen LogP contribution in [0.25, 0.3) is 0 Å². The van der Waals surface area contributed by atoms with Crippen LogP contribution >= 0.6 is 0 Å². The maximum absolute atomic E-state index is 13.7. The third kappa shape index (κ3) is 6.83. The molecule has 0 saturated heterocycles. The van der Waals surface area contributed by atoms with E-state index in [1.165, 1.54) is 25.3 Å². The molecule has 0 saturated carbocycles. The highest BCUT2D eigenvalue weighted by Gasteiger charge is 2.23. The van der Waals surface area contributed by atoms with Crippen molar-refractivity contribution >= 4 is 23.3 Å². The Morgan fingerprint density at radius 2 is 1.65 bits per heavy atom. The molecule has 0 spiro atoms. The van der Waals surface area contributed by atoms with Gasteiger partial charge in [0.25, 0.3) is 5.56 Å². The van der Waals surface area contributed by atoms with Crippen LogP contribution in [0.4, 0.5) is 18.9 Å². The van der Waals surface area contributed by atoms with Crippen molar-refractivity contribution in [1.29, 1.82) is 0 Å². The van der Waals surface area contributed by atoms with Crippen LogP contribution in [0.5, 0.6) is 11.5 Å². The molecule has 220 valence electrons. The van der Waals surface area contributed by atoms with Gasteiger partial charge in [-0.25, -0.2) is 13.2 Å². The van der Waals surface area contributed by atoms with Crippen molar-refractivity contribution in [2.45, 2.75) is 32.2 Å². The summed E-state index contributed by atoms with van der Waals surface area (Å²) in [7, 11) is 0. The van der Waals surface area contributed by atoms with Crippen molar-refractivity contribution < 1.29 is 37.0 Å². The fourth-order valence-corrected chi connectivity index (χ4v) is 4.83. The van der Waals surface area contributed by atoms with Gasteiger partial charge in [0.2, 0.25) is 5.91 Å². The molecule has 3 aromatic carbocycles. The molecule has 0 radical (unpaired) electrons. The topological polar surface area (TPSA) is 104 Å². The molecule has 0 aliphatic carbocycles. The summed E-state index contributed by atoms with van der Waals surface area (Å²) in [6.45, 7) is 1.02. The van der Waals surface area contributed by atoms with Crippen molar-refractivity contribution in [3.63, 3.8) is 0 Å². The molecule has 1 amide bonds. The number of ketones is 1. The Morgan fingerprint density at radius 3 is 2.35 bits per heavy atom. The van der Waals surface area contributed by atoms with E-state index in [4.69, 9.17) is 9.47 Å². The lowest BCUT2D eigenvalue weighted by Gasteiger charge is -2.19. The van der Waals surface area contributed by atoms with Gasteiger partial charge < -0.3 is 19.4 Å². The van der Waals surface area contributed by atoms with Gasteiger partial charge >= 0.3 is 5.97 Å². The molecule has 1 aromatic heterocycles. The van der Waals surface area contributed by atoms with Gasteiger partial charge in [-0.1, -0.05) is 18.2 Å². The number of hydrogen-bond donors (Lipinski definition) is 1. The lowest BCUT2D eigenvalue weighted by molar-refractivity contribution is -0.131. The van der Waals surface area contributed by atoms with E-state index in [2.05, 4.69) is 5.32 Å². The Bertz CT molecular complexity index is 1760. The van der Waals surface area contributed by atoms with E-state index in [1.54, 1.807) is 42.5 Å². The molecule has 1 unspecified atom stereocenters. The summed E-state index contributed by atoms with van der Waals surface area (Å²) in [4.78, 5) is 49.7. The SMILES string of the molecule is CC(=O)Oc1ccc(C(COc2ccc3c(c2)NC(=O)C3)CC(=O)c2cccn(Cc3cc(F)c(F)c(F)c3)c2=O)cc1. The van der Waals surface area contributed by atoms with Gasteiger partial charge in [0.15, 0.2) is 23.2 Å². The number of esters is 1. The van der Waals surface area contributed by atoms with Gasteiger partial charge in [0.1, 0.15) is 11.5 Å². The summed E-state index contributed by atoms with van der Waals surface area (Å²) in [6, 6.07) is 16.1. The highest BCUT2D eigenvalue weighted by atomic mass is 19.2. The van der Waals surface area contributed by atoms with Crippen LogP contribution in [-0.2, 0) is 22.6 Å². The van der Waals surface area contributed by atoms with Gasteiger partial charge in [0, 0.05) is 37.2 Å². The van der Waals surface area contributed by atoms with E-state index in [0.717, 1.165) is 22.3 Å². The summed E-state index contributed by atoms with van der Waals surface area (Å²) in [5.74, 6) is -5.26. The fraction of sp³-hybridized carbons (Fsp3) is 0.188. The van der Waals surface area contributed by atoms with Gasteiger partial charge in [-0.3, -0.25) is 19.2 Å². The molecule has 1 atom stereocenters. The summed E-state index contributed by atoms with van der Waals surface area (Å²) in [6.07, 6.45) is 1.49. The van der Waals surface area contributed by atoms with E-state index in [1.807, 2.05) is 0 Å². The first kappa shape index (κ1) is 29.3. The summed E-state index contributed by atoms with van der Waals surface area (Å²) in [5, 5.41) is 2.76. The minimum Gasteiger partial charge on any atom is -0.493 e. The molecule has 43 heavy (non-hydrogen) atoms. The first-order valence-electron chi connectivity index (χ1n) is 13.3. The van der Waals surface area contributed by atoms with Crippen molar-refractivity contribution in [2.75, 3.05) is 11.9 Å². The highest BCUT2D eigenvalue weighted by molar-refractivity contribution is 5.99. The maximum Gasteiger partial charge on any atom is 0.308 e. The standard InChI is InChI=1S/C32H25F3N2O6/c1-18(38)43-23-7-4-20(5-8-23)22(17-42-24-9-6-21-14-30(40)36-28(21)15-24)13-29(39)25-3-2-10-37(32(25)41)16-19-11-26(33)31(35)27(34)12-19/h2-12,15,22H,13-14,16-17H2,1H3,(H,36,40). The smallest absolute Gasteiger partial charge is 0.308 e. The van der Waals surface area contributed by atoms with E-state index in [-0.39, 0.29) is 43.0 Å². The average Bonchev–Trinajstić information content (AvgIpc) is 3.34. The van der Waals surface area contributed by atoms with Gasteiger partial charge in [-0.05, 0) is 59.2 Å². The Labute approximate surface area is 243 Å². The van der Waals surface area contributed by atoms with E-state index >= 15 is 0 Å². The number of Topliss-reactive ketones (excluding diaryl/α,β-unsaturated/α-hetero) is 1. The van der Waals surface area contributed by atoms with Crippen molar-refractivity contribution in [3.05, 3.63) is 123 Å². The molecule has 4 aromatic rings. The monoisotopic (exact) mass is 590 g/mol. The van der Waals surface area contributed by atoms with Crippen LogP contribution in [0.15, 0.2) is 77.7 Å². The molecule has 1 aliphatic rings. The fourth-order valence-electron chi connectivity index (χ4n) is 4.83. The first-order valence-corrected chi connectivity index (χ1v) is 13.3. The zero-order chi connectivity index (χ0) is 30.7. The van der Waals surface area contributed by atoms with Crippen molar-refractivity contribution in [2.24, 2.45) is 0 Å². The minimum atomic E-state index is -1.61. The Balaban J connectivity index is 1.38. The number of carbonyl (C=O) groups is 3. The van der Waals surface area contributed by atoms with Crippen LogP contribution in [0.2, 0.25) is 0 Å². The predicted molar refractivity (Wildman–Crippen MR) is 150 cm³/mol. The van der Waals surface area contributed by atoms with E-state index < -0.39 is 40.7 Å². The molecular formula is C32H25F3N2O6. The first-order chi connectivity index (χ1) is 20.6. The number of benzene rings is 3. The minimum absolute atomic E-state index is 0.00720. The number of ether oxygens (including phenoxy) is 2.